The van der Waals surface area contributed by atoms with Gasteiger partial charge in [0, 0.05) is 10.6 Å². The number of hydrogen-bond donors (Lipinski definition) is 1. The first kappa shape index (κ1) is 12.8. The average molecular weight is 265 g/mol. The Kier molecular flexibility index (Phi) is 5.07. The molecule has 0 unspecified atom stereocenters. The zero-order valence-electron chi connectivity index (χ0n) is 7.86. The molecule has 2 rings (SSSR count). The van der Waals surface area contributed by atoms with E-state index in [1.807, 2.05) is 24.3 Å². The summed E-state index contributed by atoms with van der Waals surface area (Å²) >= 11 is 2.36. The van der Waals surface area contributed by atoms with Crippen LogP contribution in [0, 0.1) is 0 Å². The van der Waals surface area contributed by atoms with Crippen molar-refractivity contribution in [2.24, 2.45) is 0 Å². The second kappa shape index (κ2) is 6.34. The summed E-state index contributed by atoms with van der Waals surface area (Å²) in [6, 6.07) is 7.66. The van der Waals surface area contributed by atoms with Gasteiger partial charge in [-0.25, -0.2) is 4.98 Å². The van der Waals surface area contributed by atoms with Crippen LogP contribution < -0.4 is 0 Å². The van der Waals surface area contributed by atoms with Crippen LogP contribution >= 0.6 is 11.6 Å². The first-order chi connectivity index (χ1) is 7.61. The number of benzene rings is 1. The molecule has 1 aromatic heterocycles. The minimum atomic E-state index is -3.61. The van der Waals surface area contributed by atoms with Crippen LogP contribution in [0.25, 0.3) is 11.3 Å². The number of nitrogens with one attached hydrogen (secondary N) is 1. The van der Waals surface area contributed by atoms with Crippen LogP contribution in [0.1, 0.15) is 0 Å². The second-order valence-corrected chi connectivity index (χ2v) is 3.41. The van der Waals surface area contributed by atoms with Gasteiger partial charge in [0.05, 0.1) is 18.2 Å². The van der Waals surface area contributed by atoms with Crippen molar-refractivity contribution in [1.82, 2.24) is 9.97 Å². The molecule has 0 aliphatic heterocycles. The Bertz CT molecular complexity index is 460. The van der Waals surface area contributed by atoms with Crippen molar-refractivity contribution in [3.8, 4) is 11.3 Å². The highest BCUT2D eigenvalue weighted by atomic mass is 35.5. The van der Waals surface area contributed by atoms with E-state index in [1.165, 1.54) is 0 Å². The van der Waals surface area contributed by atoms with Gasteiger partial charge in [0.15, 0.2) is 0 Å². The summed E-state index contributed by atoms with van der Waals surface area (Å²) in [6.45, 7) is 0. The van der Waals surface area contributed by atoms with Gasteiger partial charge in [-0.05, 0) is 6.07 Å². The van der Waals surface area contributed by atoms with E-state index >= 15 is 0 Å². The molecule has 1 heterocycles. The Balaban J connectivity index is 0.000000280. The van der Waals surface area contributed by atoms with E-state index in [9.17, 15) is 7.77 Å². The van der Waals surface area contributed by atoms with E-state index < -0.39 is 11.6 Å². The molecule has 1 N–H and O–H groups in total. The zero-order valence-corrected chi connectivity index (χ0v) is 9.43. The molecule has 3 nitrogen and oxygen atoms in total. The third-order valence-corrected chi connectivity index (χ3v) is 1.99. The highest BCUT2D eigenvalue weighted by Crippen LogP contribution is 2.24. The van der Waals surface area contributed by atoms with Crippen LogP contribution in [-0.4, -0.2) is 14.2 Å². The number of aromatic amines is 1. The monoisotopic (exact) mass is 264 g/mol. The summed E-state index contributed by atoms with van der Waals surface area (Å²) in [5.41, 5.74) is 1.93. The van der Waals surface area contributed by atoms with Crippen molar-refractivity contribution in [3.63, 3.8) is 0 Å². The van der Waals surface area contributed by atoms with Crippen LogP contribution in [0.5, 0.6) is 0 Å². The minimum Gasteiger partial charge on any atom is -0.345 e. The summed E-state index contributed by atoms with van der Waals surface area (Å²) in [5, 5.41) is 0.738. The van der Waals surface area contributed by atoms with E-state index in [0.29, 0.717) is 0 Å². The Morgan fingerprint density at radius 3 is 2.44 bits per heavy atom. The van der Waals surface area contributed by atoms with Crippen molar-refractivity contribution in [2.45, 2.75) is 0 Å². The molecule has 0 radical (unpaired) electrons. The average Bonchev–Trinajstić information content (AvgIpc) is 2.70. The van der Waals surface area contributed by atoms with Gasteiger partial charge in [0.25, 0.3) is 0 Å². The molecular formula is C9H7ClF2N2OS. The van der Waals surface area contributed by atoms with E-state index in [-0.39, 0.29) is 0 Å². The first-order valence-electron chi connectivity index (χ1n) is 4.09. The van der Waals surface area contributed by atoms with Crippen molar-refractivity contribution in [2.75, 3.05) is 0 Å². The molecule has 7 heteroatoms. The molecule has 0 aliphatic rings. The smallest absolute Gasteiger partial charge is 0.345 e. The van der Waals surface area contributed by atoms with Gasteiger partial charge < -0.3 is 4.98 Å². The molecule has 0 fully saturated rings. The predicted octanol–water partition coefficient (Wildman–Crippen LogP) is 3.23. The maximum absolute atomic E-state index is 9.81. The van der Waals surface area contributed by atoms with Crippen molar-refractivity contribution in [3.05, 3.63) is 41.8 Å². The molecule has 0 amide bonds. The fourth-order valence-electron chi connectivity index (χ4n) is 1.08. The van der Waals surface area contributed by atoms with Crippen LogP contribution in [0.15, 0.2) is 36.8 Å². The number of nitrogens with zero attached hydrogens (tertiary/aromatic N) is 1. The van der Waals surface area contributed by atoms with E-state index in [4.69, 9.17) is 15.8 Å². The van der Waals surface area contributed by atoms with Crippen molar-refractivity contribution >= 4 is 23.2 Å². The normalized spacial score (nSPS) is 9.75. The zero-order chi connectivity index (χ0) is 12.0. The minimum absolute atomic E-state index is 0.738. The first-order valence-corrected chi connectivity index (χ1v) is 5.41. The lowest BCUT2D eigenvalue weighted by Gasteiger charge is -1.98. The molecule has 16 heavy (non-hydrogen) atoms. The highest BCUT2D eigenvalue weighted by molar-refractivity contribution is 7.74. The molecule has 1 aromatic carbocycles. The highest BCUT2D eigenvalue weighted by Gasteiger charge is 2.01. The van der Waals surface area contributed by atoms with E-state index in [1.54, 1.807) is 12.5 Å². The number of hydrogen-bond acceptors (Lipinski definition) is 2. The Hall–Kier alpha value is -1.27. The molecule has 2 aromatic rings. The number of imidazole rings is 1. The Morgan fingerprint density at radius 2 is 1.94 bits per heavy atom. The van der Waals surface area contributed by atoms with Gasteiger partial charge in [0.2, 0.25) is 0 Å². The molecule has 0 saturated carbocycles. The van der Waals surface area contributed by atoms with Gasteiger partial charge in [-0.15, -0.1) is 0 Å². The van der Waals surface area contributed by atoms with E-state index in [2.05, 4.69) is 9.97 Å². The summed E-state index contributed by atoms with van der Waals surface area (Å²) in [7, 11) is 0. The molecular weight excluding hydrogens is 258 g/mol. The lowest BCUT2D eigenvalue weighted by Crippen LogP contribution is -1.77. The molecule has 0 aliphatic carbocycles. The maximum atomic E-state index is 9.81. The second-order valence-electron chi connectivity index (χ2n) is 2.63. The largest absolute Gasteiger partial charge is 0.385 e. The Morgan fingerprint density at radius 1 is 1.31 bits per heavy atom. The summed E-state index contributed by atoms with van der Waals surface area (Å²) < 4.78 is 27.8. The van der Waals surface area contributed by atoms with Crippen molar-refractivity contribution < 1.29 is 12.0 Å². The molecule has 0 bridgehead atoms. The molecule has 0 saturated heterocycles. The maximum Gasteiger partial charge on any atom is 0.385 e. The topological polar surface area (TPSA) is 45.8 Å². The van der Waals surface area contributed by atoms with Gasteiger partial charge in [-0.2, -0.15) is 4.21 Å². The third-order valence-electron chi connectivity index (χ3n) is 1.66. The van der Waals surface area contributed by atoms with Crippen LogP contribution in [0.2, 0.25) is 5.02 Å². The van der Waals surface area contributed by atoms with Gasteiger partial charge >= 0.3 is 11.6 Å². The number of aromatic nitrogens is 2. The third kappa shape index (κ3) is 4.08. The van der Waals surface area contributed by atoms with Crippen LogP contribution in [0.4, 0.5) is 7.77 Å². The lowest BCUT2D eigenvalue weighted by atomic mass is 10.2. The fraction of sp³-hybridized carbons (Fsp3) is 0. The number of H-pyrrole nitrogens is 1. The Labute approximate surface area is 98.5 Å². The lowest BCUT2D eigenvalue weighted by molar-refractivity contribution is 0.602. The standard InChI is InChI=1S/C9H7ClN2.F2OS/c10-8-4-2-1-3-7(8)9-5-11-6-12-9;1-4(2)3/h1-6H,(H,11,12);. The van der Waals surface area contributed by atoms with E-state index in [0.717, 1.165) is 16.3 Å². The predicted molar refractivity (Wildman–Crippen MR) is 59.4 cm³/mol. The fourth-order valence-corrected chi connectivity index (χ4v) is 1.32. The SMILES string of the molecule is Clc1ccccc1-c1cnc[nH]1.O=S(F)F. The van der Waals surface area contributed by atoms with Gasteiger partial charge in [-0.3, -0.25) is 0 Å². The summed E-state index contributed by atoms with van der Waals surface area (Å²) in [6.07, 6.45) is 3.39. The number of rotatable bonds is 1. The molecule has 86 valence electrons. The van der Waals surface area contributed by atoms with Gasteiger partial charge in [-0.1, -0.05) is 37.6 Å². The molecule has 0 atom stereocenters. The quantitative estimate of drug-likeness (QED) is 0.804. The van der Waals surface area contributed by atoms with Gasteiger partial charge in [0.1, 0.15) is 0 Å². The van der Waals surface area contributed by atoms with Crippen LogP contribution in [0.3, 0.4) is 0 Å². The van der Waals surface area contributed by atoms with Crippen molar-refractivity contribution in [1.29, 1.82) is 0 Å². The van der Waals surface area contributed by atoms with Crippen LogP contribution in [-0.2, 0) is 11.6 Å². The summed E-state index contributed by atoms with van der Waals surface area (Å²) in [4.78, 5) is 6.92. The summed E-state index contributed by atoms with van der Waals surface area (Å²) in [5.74, 6) is 0. The molecule has 0 spiro atoms. The number of halogens is 3.